The normalized spacial score (nSPS) is 44.2. The van der Waals surface area contributed by atoms with E-state index in [9.17, 15) is 10.4 Å². The molecule has 0 aromatic carbocycles. The molecule has 0 bridgehead atoms. The fourth-order valence-corrected chi connectivity index (χ4v) is 9.31. The zero-order chi connectivity index (χ0) is 22.5. The van der Waals surface area contributed by atoms with Gasteiger partial charge >= 0.3 is 0 Å². The zero-order valence-electron chi connectivity index (χ0n) is 20.2. The number of ether oxygens (including phenoxy) is 1. The fourth-order valence-electron chi connectivity index (χ4n) is 9.31. The summed E-state index contributed by atoms with van der Waals surface area (Å²) >= 11 is 0. The Morgan fingerprint density at radius 3 is 2.78 bits per heavy atom. The average molecular weight is 440 g/mol. The fraction of sp³-hybridized carbons (Fsp3) is 0.852. The lowest BCUT2D eigenvalue weighted by Gasteiger charge is -2.57. The van der Waals surface area contributed by atoms with E-state index in [1.54, 1.807) is 13.3 Å². The van der Waals surface area contributed by atoms with Gasteiger partial charge in [-0.25, -0.2) is 0 Å². The standard InChI is InChI=1S/C27H41N3O2/c1-18(16-30-20(15-28)10-13-29-30)24-6-7-25-23-5-4-19-14-27(31,17-32-3)12-9-21(19)22(23)8-11-26(24,25)2/h10,13,18-19,21-25,31H,4-9,11-12,14,16-17H2,1-3H3/t18-,19-,21+,22-,23-,24?,25+,26-,27-/m1/s1. The van der Waals surface area contributed by atoms with Gasteiger partial charge in [0, 0.05) is 13.7 Å². The topological polar surface area (TPSA) is 71.1 Å². The van der Waals surface area contributed by atoms with E-state index in [0.717, 1.165) is 49.0 Å². The van der Waals surface area contributed by atoms with Crippen LogP contribution in [0.15, 0.2) is 12.3 Å². The quantitative estimate of drug-likeness (QED) is 0.698. The smallest absolute Gasteiger partial charge is 0.138 e. The Labute approximate surface area is 193 Å². The maximum absolute atomic E-state index is 11.0. The third kappa shape index (κ3) is 3.62. The highest BCUT2D eigenvalue weighted by atomic mass is 16.5. The van der Waals surface area contributed by atoms with Crippen molar-refractivity contribution in [2.24, 2.45) is 46.8 Å². The van der Waals surface area contributed by atoms with Crippen LogP contribution in [0.3, 0.4) is 0 Å². The molecule has 4 saturated carbocycles. The van der Waals surface area contributed by atoms with Crippen LogP contribution in [-0.2, 0) is 11.3 Å². The van der Waals surface area contributed by atoms with Gasteiger partial charge in [0.05, 0.1) is 18.4 Å². The Kier molecular flexibility index (Phi) is 5.91. The average Bonchev–Trinajstić information content (AvgIpc) is 3.36. The molecule has 1 aromatic heterocycles. The number of fused-ring (bicyclic) bond motifs is 5. The van der Waals surface area contributed by atoms with Crippen LogP contribution in [0.4, 0.5) is 0 Å². The van der Waals surface area contributed by atoms with Crippen LogP contribution in [0.25, 0.3) is 0 Å². The van der Waals surface area contributed by atoms with Crippen molar-refractivity contribution in [1.29, 1.82) is 5.26 Å². The van der Waals surface area contributed by atoms with E-state index in [1.165, 1.54) is 44.9 Å². The van der Waals surface area contributed by atoms with Gasteiger partial charge in [-0.05, 0) is 111 Å². The van der Waals surface area contributed by atoms with Crippen LogP contribution in [0, 0.1) is 58.2 Å². The SMILES string of the molecule is COC[C@@]1(O)CC[C@H]2[C@H](CC[C@@H]3[C@@H]2CC[C@]2(C)C([C@H](C)Cn4nccc4C#N)CC[C@@H]32)C1. The number of rotatable bonds is 5. The maximum Gasteiger partial charge on any atom is 0.138 e. The van der Waals surface area contributed by atoms with E-state index in [-0.39, 0.29) is 0 Å². The van der Waals surface area contributed by atoms with E-state index >= 15 is 0 Å². The second-order valence-corrected chi connectivity index (χ2v) is 12.1. The Hall–Kier alpha value is -1.38. The zero-order valence-corrected chi connectivity index (χ0v) is 20.2. The summed E-state index contributed by atoms with van der Waals surface area (Å²) in [7, 11) is 1.72. The summed E-state index contributed by atoms with van der Waals surface area (Å²) in [5, 5.41) is 24.8. The predicted octanol–water partition coefficient (Wildman–Crippen LogP) is 5.04. The molecule has 0 radical (unpaired) electrons. The molecule has 0 aliphatic heterocycles. The highest BCUT2D eigenvalue weighted by molar-refractivity contribution is 5.18. The molecule has 0 spiro atoms. The molecule has 1 aromatic rings. The Morgan fingerprint density at radius 1 is 1.19 bits per heavy atom. The van der Waals surface area contributed by atoms with Crippen molar-refractivity contribution in [2.45, 2.75) is 83.8 Å². The van der Waals surface area contributed by atoms with Gasteiger partial charge in [0.25, 0.3) is 0 Å². The van der Waals surface area contributed by atoms with Crippen LogP contribution in [-0.4, -0.2) is 34.2 Å². The third-order valence-electron chi connectivity index (χ3n) is 10.6. The van der Waals surface area contributed by atoms with Gasteiger partial charge in [0.2, 0.25) is 0 Å². The number of nitrogens with zero attached hydrogens (tertiary/aromatic N) is 3. The van der Waals surface area contributed by atoms with Crippen molar-refractivity contribution >= 4 is 0 Å². The Morgan fingerprint density at radius 2 is 2.00 bits per heavy atom. The molecule has 9 atom stereocenters. The predicted molar refractivity (Wildman–Crippen MR) is 124 cm³/mol. The number of hydrogen-bond donors (Lipinski definition) is 1. The van der Waals surface area contributed by atoms with E-state index in [0.29, 0.717) is 29.6 Å². The molecule has 5 nitrogen and oxygen atoms in total. The summed E-state index contributed by atoms with van der Waals surface area (Å²) in [6, 6.07) is 4.12. The molecule has 4 aliphatic carbocycles. The molecule has 1 unspecified atom stereocenters. The van der Waals surface area contributed by atoms with Crippen molar-refractivity contribution in [2.75, 3.05) is 13.7 Å². The summed E-state index contributed by atoms with van der Waals surface area (Å²) in [6.07, 6.45) is 12.9. The molecule has 1 heterocycles. The van der Waals surface area contributed by atoms with Crippen molar-refractivity contribution < 1.29 is 9.84 Å². The van der Waals surface area contributed by atoms with E-state index in [4.69, 9.17) is 4.74 Å². The summed E-state index contributed by atoms with van der Waals surface area (Å²) in [4.78, 5) is 0. The van der Waals surface area contributed by atoms with Crippen LogP contribution in [0.2, 0.25) is 0 Å². The molecule has 32 heavy (non-hydrogen) atoms. The van der Waals surface area contributed by atoms with Crippen LogP contribution in [0.5, 0.6) is 0 Å². The van der Waals surface area contributed by atoms with Crippen LogP contribution < -0.4 is 0 Å². The molecular weight excluding hydrogens is 398 g/mol. The monoisotopic (exact) mass is 439 g/mol. The molecule has 5 rings (SSSR count). The van der Waals surface area contributed by atoms with Gasteiger partial charge in [0.1, 0.15) is 11.8 Å². The van der Waals surface area contributed by atoms with E-state index < -0.39 is 5.60 Å². The molecule has 176 valence electrons. The number of aliphatic hydroxyl groups is 1. The van der Waals surface area contributed by atoms with Gasteiger partial charge in [-0.3, -0.25) is 4.68 Å². The minimum Gasteiger partial charge on any atom is -0.387 e. The van der Waals surface area contributed by atoms with Gasteiger partial charge < -0.3 is 9.84 Å². The first-order valence-corrected chi connectivity index (χ1v) is 13.0. The number of aromatic nitrogens is 2. The summed E-state index contributed by atoms with van der Waals surface area (Å²) in [5.41, 5.74) is 0.525. The van der Waals surface area contributed by atoms with Gasteiger partial charge in [-0.15, -0.1) is 0 Å². The number of nitriles is 1. The summed E-state index contributed by atoms with van der Waals surface area (Å²) in [6.45, 7) is 6.34. The van der Waals surface area contributed by atoms with Crippen LogP contribution >= 0.6 is 0 Å². The highest BCUT2D eigenvalue weighted by Gasteiger charge is 2.58. The summed E-state index contributed by atoms with van der Waals surface area (Å²) in [5.74, 6) is 5.36. The Balaban J connectivity index is 1.29. The lowest BCUT2D eigenvalue weighted by molar-refractivity contribution is -0.126. The molecule has 4 fully saturated rings. The highest BCUT2D eigenvalue weighted by Crippen LogP contribution is 2.65. The lowest BCUT2D eigenvalue weighted by atomic mass is 9.48. The minimum absolute atomic E-state index is 0.429. The number of hydrogen-bond acceptors (Lipinski definition) is 4. The van der Waals surface area contributed by atoms with Crippen LogP contribution in [0.1, 0.15) is 77.3 Å². The molecule has 4 aliphatic rings. The first-order valence-electron chi connectivity index (χ1n) is 13.0. The lowest BCUT2D eigenvalue weighted by Crippen LogP contribution is -2.52. The molecule has 0 amide bonds. The Bertz CT molecular complexity index is 861. The van der Waals surface area contributed by atoms with Crippen molar-refractivity contribution in [3.8, 4) is 6.07 Å². The second-order valence-electron chi connectivity index (χ2n) is 12.1. The molecule has 1 N–H and O–H groups in total. The van der Waals surface area contributed by atoms with Crippen molar-refractivity contribution in [3.05, 3.63) is 18.0 Å². The minimum atomic E-state index is -0.589. The second kappa shape index (κ2) is 8.44. The first kappa shape index (κ1) is 22.4. The third-order valence-corrected chi connectivity index (χ3v) is 10.6. The molecule has 5 heteroatoms. The maximum atomic E-state index is 11.0. The molecule has 0 saturated heterocycles. The van der Waals surface area contributed by atoms with Crippen molar-refractivity contribution in [3.63, 3.8) is 0 Å². The van der Waals surface area contributed by atoms with E-state index in [1.807, 2.05) is 10.7 Å². The first-order chi connectivity index (χ1) is 15.4. The van der Waals surface area contributed by atoms with Gasteiger partial charge in [-0.2, -0.15) is 10.4 Å². The van der Waals surface area contributed by atoms with Crippen molar-refractivity contribution in [1.82, 2.24) is 9.78 Å². The molecular formula is C27H41N3O2. The number of methoxy groups -OCH3 is 1. The summed E-state index contributed by atoms with van der Waals surface area (Å²) < 4.78 is 7.27. The van der Waals surface area contributed by atoms with E-state index in [2.05, 4.69) is 25.0 Å². The van der Waals surface area contributed by atoms with Gasteiger partial charge in [-0.1, -0.05) is 13.8 Å². The van der Waals surface area contributed by atoms with Gasteiger partial charge in [0.15, 0.2) is 0 Å². The largest absolute Gasteiger partial charge is 0.387 e.